The quantitative estimate of drug-likeness (QED) is 0.911. The molecule has 1 saturated heterocycles. The molecule has 1 atom stereocenters. The number of amides is 2. The molecule has 6 heteroatoms. The summed E-state index contributed by atoms with van der Waals surface area (Å²) >= 11 is 0. The van der Waals surface area contributed by atoms with Gasteiger partial charge in [-0.2, -0.15) is 5.10 Å². The smallest absolute Gasteiger partial charge is 0.247 e. The number of nitrogens with one attached hydrogen (secondary N) is 1. The molecule has 0 spiro atoms. The second-order valence-corrected chi connectivity index (χ2v) is 6.88. The highest BCUT2D eigenvalue weighted by Gasteiger charge is 2.36. The molecule has 2 amide bonds. The number of rotatable bonds is 5. The standard InChI is InChI=1S/C19H22N4O2/c24-18(12-14-7-8-14)22-10-2-6-17(22)19(25)21-15-4-1-5-16(13-15)23-11-3-9-20-23/h1,3-5,9,11,13-14,17H,2,6-8,10,12H2,(H,21,25)/t17-/m0/s1. The van der Waals surface area contributed by atoms with Gasteiger partial charge in [0.1, 0.15) is 6.04 Å². The second kappa shape index (κ2) is 6.70. The predicted molar refractivity (Wildman–Crippen MR) is 94.3 cm³/mol. The Kier molecular flexibility index (Phi) is 4.26. The van der Waals surface area contributed by atoms with Crippen molar-refractivity contribution in [2.75, 3.05) is 11.9 Å². The number of hydrogen-bond acceptors (Lipinski definition) is 3. The van der Waals surface area contributed by atoms with Gasteiger partial charge >= 0.3 is 0 Å². The summed E-state index contributed by atoms with van der Waals surface area (Å²) in [6.07, 6.45) is 8.10. The molecule has 1 saturated carbocycles. The monoisotopic (exact) mass is 338 g/mol. The van der Waals surface area contributed by atoms with Crippen LogP contribution in [0.15, 0.2) is 42.7 Å². The van der Waals surface area contributed by atoms with E-state index in [2.05, 4.69) is 10.4 Å². The van der Waals surface area contributed by atoms with E-state index in [0.717, 1.165) is 37.1 Å². The Balaban J connectivity index is 1.44. The highest BCUT2D eigenvalue weighted by molar-refractivity contribution is 5.97. The Morgan fingerprint density at radius 2 is 2.08 bits per heavy atom. The molecule has 0 radical (unpaired) electrons. The van der Waals surface area contributed by atoms with Gasteiger partial charge in [0, 0.05) is 31.0 Å². The fourth-order valence-corrected chi connectivity index (χ4v) is 3.40. The van der Waals surface area contributed by atoms with E-state index in [-0.39, 0.29) is 17.9 Å². The van der Waals surface area contributed by atoms with Crippen LogP contribution in [0.3, 0.4) is 0 Å². The van der Waals surface area contributed by atoms with Gasteiger partial charge in [0.05, 0.1) is 5.69 Å². The van der Waals surface area contributed by atoms with E-state index in [9.17, 15) is 9.59 Å². The Morgan fingerprint density at radius 3 is 2.84 bits per heavy atom. The van der Waals surface area contributed by atoms with E-state index >= 15 is 0 Å². The molecule has 2 heterocycles. The van der Waals surface area contributed by atoms with E-state index in [1.165, 1.54) is 0 Å². The first kappa shape index (κ1) is 15.9. The first-order chi connectivity index (χ1) is 12.2. The Hall–Kier alpha value is -2.63. The Bertz CT molecular complexity index is 767. The minimum absolute atomic E-state index is 0.0979. The average Bonchev–Trinajstić information content (AvgIpc) is 3.10. The predicted octanol–water partition coefficient (Wildman–Crippen LogP) is 2.60. The van der Waals surface area contributed by atoms with Crippen molar-refractivity contribution in [2.45, 2.75) is 38.1 Å². The fraction of sp³-hybridized carbons (Fsp3) is 0.421. The normalized spacial score (nSPS) is 19.8. The van der Waals surface area contributed by atoms with Crippen molar-refractivity contribution < 1.29 is 9.59 Å². The van der Waals surface area contributed by atoms with Gasteiger partial charge in [-0.05, 0) is 55.9 Å². The third-order valence-electron chi connectivity index (χ3n) is 4.92. The van der Waals surface area contributed by atoms with Gasteiger partial charge in [-0.25, -0.2) is 4.68 Å². The number of nitrogens with zero attached hydrogens (tertiary/aromatic N) is 3. The van der Waals surface area contributed by atoms with Gasteiger partial charge in [0.2, 0.25) is 11.8 Å². The molecule has 0 unspecified atom stereocenters. The molecule has 4 rings (SSSR count). The molecule has 1 aliphatic carbocycles. The van der Waals surface area contributed by atoms with Crippen LogP contribution in [-0.4, -0.2) is 39.1 Å². The topological polar surface area (TPSA) is 67.2 Å². The van der Waals surface area contributed by atoms with Crippen LogP contribution in [0.4, 0.5) is 5.69 Å². The molecule has 2 aliphatic rings. The SMILES string of the molecule is O=C(Nc1cccc(-n2cccn2)c1)[C@@H]1CCCN1C(=O)CC1CC1. The van der Waals surface area contributed by atoms with Gasteiger partial charge in [0.25, 0.3) is 0 Å². The number of carbonyl (C=O) groups excluding carboxylic acids is 2. The summed E-state index contributed by atoms with van der Waals surface area (Å²) in [5, 5.41) is 7.17. The van der Waals surface area contributed by atoms with Crippen LogP contribution in [0.2, 0.25) is 0 Å². The summed E-state index contributed by atoms with van der Waals surface area (Å²) < 4.78 is 1.75. The van der Waals surface area contributed by atoms with E-state index in [0.29, 0.717) is 18.9 Å². The van der Waals surface area contributed by atoms with Gasteiger partial charge in [0.15, 0.2) is 0 Å². The zero-order chi connectivity index (χ0) is 17.2. The van der Waals surface area contributed by atoms with E-state index in [1.807, 2.05) is 36.5 Å². The molecule has 25 heavy (non-hydrogen) atoms. The molecule has 0 bridgehead atoms. The average molecular weight is 338 g/mol. The third-order valence-corrected chi connectivity index (χ3v) is 4.92. The first-order valence-electron chi connectivity index (χ1n) is 8.91. The van der Waals surface area contributed by atoms with E-state index in [1.54, 1.807) is 15.8 Å². The lowest BCUT2D eigenvalue weighted by Crippen LogP contribution is -2.43. The number of anilines is 1. The maximum absolute atomic E-state index is 12.7. The molecular formula is C19H22N4O2. The van der Waals surface area contributed by atoms with Crippen molar-refractivity contribution in [3.63, 3.8) is 0 Å². The summed E-state index contributed by atoms with van der Waals surface area (Å²) in [7, 11) is 0. The van der Waals surface area contributed by atoms with Crippen LogP contribution < -0.4 is 5.32 Å². The molecule has 130 valence electrons. The van der Waals surface area contributed by atoms with Crippen molar-refractivity contribution in [2.24, 2.45) is 5.92 Å². The zero-order valence-corrected chi connectivity index (χ0v) is 14.1. The van der Waals surface area contributed by atoms with Crippen molar-refractivity contribution in [1.29, 1.82) is 0 Å². The summed E-state index contributed by atoms with van der Waals surface area (Å²) in [6, 6.07) is 9.07. The summed E-state index contributed by atoms with van der Waals surface area (Å²) in [5.74, 6) is 0.576. The second-order valence-electron chi connectivity index (χ2n) is 6.88. The van der Waals surface area contributed by atoms with Crippen LogP contribution in [0.25, 0.3) is 5.69 Å². The van der Waals surface area contributed by atoms with Crippen LogP contribution in [0, 0.1) is 5.92 Å². The highest BCUT2D eigenvalue weighted by atomic mass is 16.2. The lowest BCUT2D eigenvalue weighted by atomic mass is 10.1. The summed E-state index contributed by atoms with van der Waals surface area (Å²) in [4.78, 5) is 26.9. The van der Waals surface area contributed by atoms with Crippen molar-refractivity contribution in [1.82, 2.24) is 14.7 Å². The highest BCUT2D eigenvalue weighted by Crippen LogP contribution is 2.34. The third kappa shape index (κ3) is 3.57. The van der Waals surface area contributed by atoms with Crippen molar-refractivity contribution in [3.8, 4) is 5.69 Å². The molecule has 2 aromatic rings. The van der Waals surface area contributed by atoms with Gasteiger partial charge in [-0.3, -0.25) is 9.59 Å². The van der Waals surface area contributed by atoms with E-state index in [4.69, 9.17) is 0 Å². The molecule has 1 aromatic carbocycles. The summed E-state index contributed by atoms with van der Waals surface area (Å²) in [6.45, 7) is 0.691. The van der Waals surface area contributed by atoms with Gasteiger partial charge < -0.3 is 10.2 Å². The maximum atomic E-state index is 12.7. The Labute approximate surface area is 146 Å². The maximum Gasteiger partial charge on any atom is 0.247 e. The number of benzene rings is 1. The van der Waals surface area contributed by atoms with Gasteiger partial charge in [-0.15, -0.1) is 0 Å². The van der Waals surface area contributed by atoms with Crippen molar-refractivity contribution >= 4 is 17.5 Å². The number of hydrogen-bond donors (Lipinski definition) is 1. The largest absolute Gasteiger partial charge is 0.331 e. The minimum atomic E-state index is -0.348. The minimum Gasteiger partial charge on any atom is -0.331 e. The lowest BCUT2D eigenvalue weighted by molar-refractivity contribution is -0.136. The molecule has 1 N–H and O–H groups in total. The first-order valence-corrected chi connectivity index (χ1v) is 8.91. The fourth-order valence-electron chi connectivity index (χ4n) is 3.40. The number of aromatic nitrogens is 2. The molecule has 2 fully saturated rings. The van der Waals surface area contributed by atoms with Crippen LogP contribution >= 0.6 is 0 Å². The molecule has 1 aromatic heterocycles. The Morgan fingerprint density at radius 1 is 1.20 bits per heavy atom. The van der Waals surface area contributed by atoms with Crippen molar-refractivity contribution in [3.05, 3.63) is 42.7 Å². The van der Waals surface area contributed by atoms with Crippen LogP contribution in [0.5, 0.6) is 0 Å². The van der Waals surface area contributed by atoms with Crippen LogP contribution in [0.1, 0.15) is 32.1 Å². The molecule has 1 aliphatic heterocycles. The zero-order valence-electron chi connectivity index (χ0n) is 14.1. The summed E-state index contributed by atoms with van der Waals surface area (Å²) in [5.41, 5.74) is 1.61. The molecule has 6 nitrogen and oxygen atoms in total. The number of carbonyl (C=O) groups is 2. The van der Waals surface area contributed by atoms with Crippen LogP contribution in [-0.2, 0) is 9.59 Å². The molecular weight excluding hydrogens is 316 g/mol. The number of likely N-dealkylation sites (tertiary alicyclic amines) is 1. The van der Waals surface area contributed by atoms with E-state index < -0.39 is 0 Å². The van der Waals surface area contributed by atoms with Gasteiger partial charge in [-0.1, -0.05) is 6.07 Å². The lowest BCUT2D eigenvalue weighted by Gasteiger charge is -2.24.